The maximum atomic E-state index is 12.0. The molecule has 3 unspecified atom stereocenters. The quantitative estimate of drug-likeness (QED) is 0.762. The molecule has 2 aliphatic heterocycles. The van der Waals surface area contributed by atoms with E-state index in [1.807, 2.05) is 0 Å². The van der Waals surface area contributed by atoms with E-state index in [1.165, 1.54) is 6.42 Å². The number of amides is 1. The molecule has 0 bridgehead atoms. The van der Waals surface area contributed by atoms with Crippen molar-refractivity contribution in [3.05, 3.63) is 0 Å². The second-order valence-corrected chi connectivity index (χ2v) is 5.78. The van der Waals surface area contributed by atoms with Gasteiger partial charge in [-0.2, -0.15) is 0 Å². The zero-order valence-corrected chi connectivity index (χ0v) is 11.9. The Morgan fingerprint density at radius 2 is 2.21 bits per heavy atom. The number of carbonyl (C=O) groups is 1. The van der Waals surface area contributed by atoms with E-state index in [4.69, 9.17) is 10.5 Å². The Kier molecular flexibility index (Phi) is 5.60. The number of likely N-dealkylation sites (tertiary alicyclic amines) is 1. The van der Waals surface area contributed by atoms with Crippen LogP contribution in [-0.2, 0) is 9.53 Å². The highest BCUT2D eigenvalue weighted by atomic mass is 16.5. The minimum Gasteiger partial charge on any atom is -0.376 e. The van der Waals surface area contributed by atoms with Crippen molar-refractivity contribution in [1.82, 2.24) is 10.2 Å². The fraction of sp³-hybridized carbons (Fsp3) is 0.929. The van der Waals surface area contributed by atoms with Crippen molar-refractivity contribution in [2.75, 3.05) is 26.2 Å². The Bertz CT molecular complexity index is 292. The molecule has 2 aliphatic rings. The first-order valence-electron chi connectivity index (χ1n) is 7.55. The number of nitrogens with zero attached hydrogens (tertiary/aromatic N) is 1. The van der Waals surface area contributed by atoms with Crippen LogP contribution in [0, 0.1) is 0 Å². The third kappa shape index (κ3) is 4.16. The van der Waals surface area contributed by atoms with E-state index in [2.05, 4.69) is 17.1 Å². The van der Waals surface area contributed by atoms with E-state index in [1.54, 1.807) is 0 Å². The maximum absolute atomic E-state index is 12.0. The summed E-state index contributed by atoms with van der Waals surface area (Å²) in [7, 11) is 0. The molecule has 0 aromatic carbocycles. The van der Waals surface area contributed by atoms with E-state index in [0.717, 1.165) is 32.3 Å². The van der Waals surface area contributed by atoms with Crippen molar-refractivity contribution in [3.63, 3.8) is 0 Å². The molecular formula is C14H27N3O2. The third-order valence-corrected chi connectivity index (χ3v) is 4.34. The zero-order valence-electron chi connectivity index (χ0n) is 11.9. The van der Waals surface area contributed by atoms with Crippen molar-refractivity contribution in [1.29, 1.82) is 0 Å². The third-order valence-electron chi connectivity index (χ3n) is 4.34. The summed E-state index contributed by atoms with van der Waals surface area (Å²) < 4.78 is 5.51. The van der Waals surface area contributed by atoms with Gasteiger partial charge in [0.05, 0.1) is 12.6 Å². The molecule has 3 N–H and O–H groups in total. The lowest BCUT2D eigenvalue weighted by Crippen LogP contribution is -2.52. The van der Waals surface area contributed by atoms with E-state index in [-0.39, 0.29) is 12.0 Å². The maximum Gasteiger partial charge on any atom is 0.234 e. The van der Waals surface area contributed by atoms with Gasteiger partial charge in [0.1, 0.15) is 0 Å². The van der Waals surface area contributed by atoms with Crippen LogP contribution in [0.15, 0.2) is 0 Å². The number of rotatable bonds is 5. The fourth-order valence-electron chi connectivity index (χ4n) is 3.13. The van der Waals surface area contributed by atoms with Crippen molar-refractivity contribution < 1.29 is 9.53 Å². The number of nitrogens with two attached hydrogens (primary N) is 1. The van der Waals surface area contributed by atoms with Crippen molar-refractivity contribution in [3.8, 4) is 0 Å². The summed E-state index contributed by atoms with van der Waals surface area (Å²) in [5.41, 5.74) is 5.81. The highest BCUT2D eigenvalue weighted by molar-refractivity contribution is 5.78. The predicted octanol–water partition coefficient (Wildman–Crippen LogP) is 0.483. The molecule has 0 radical (unpaired) electrons. The largest absolute Gasteiger partial charge is 0.376 e. The average molecular weight is 269 g/mol. The van der Waals surface area contributed by atoms with E-state index in [0.29, 0.717) is 31.7 Å². The monoisotopic (exact) mass is 269 g/mol. The Hall–Kier alpha value is -0.650. The van der Waals surface area contributed by atoms with Crippen LogP contribution in [0.4, 0.5) is 0 Å². The smallest absolute Gasteiger partial charge is 0.234 e. The molecule has 5 heteroatoms. The molecule has 1 amide bonds. The number of piperidine rings is 1. The Labute approximate surface area is 115 Å². The number of nitrogens with one attached hydrogen (secondary N) is 1. The minimum absolute atomic E-state index is 0.0997. The molecule has 2 fully saturated rings. The molecule has 2 heterocycles. The Morgan fingerprint density at radius 3 is 2.89 bits per heavy atom. The van der Waals surface area contributed by atoms with Gasteiger partial charge in [0, 0.05) is 31.8 Å². The van der Waals surface area contributed by atoms with Crippen LogP contribution < -0.4 is 11.1 Å². The van der Waals surface area contributed by atoms with Gasteiger partial charge in [-0.3, -0.25) is 9.69 Å². The van der Waals surface area contributed by atoms with Crippen molar-refractivity contribution >= 4 is 5.91 Å². The number of hydrogen-bond donors (Lipinski definition) is 2. The van der Waals surface area contributed by atoms with Crippen LogP contribution in [0.25, 0.3) is 0 Å². The highest BCUT2D eigenvalue weighted by Gasteiger charge is 2.28. The van der Waals surface area contributed by atoms with Gasteiger partial charge in [-0.05, 0) is 32.6 Å². The van der Waals surface area contributed by atoms with Crippen LogP contribution in [-0.4, -0.2) is 55.2 Å². The van der Waals surface area contributed by atoms with Gasteiger partial charge >= 0.3 is 0 Å². The minimum atomic E-state index is 0.0997. The van der Waals surface area contributed by atoms with Gasteiger partial charge in [-0.25, -0.2) is 0 Å². The van der Waals surface area contributed by atoms with E-state index < -0.39 is 0 Å². The lowest BCUT2D eigenvalue weighted by atomic mass is 9.96. The standard InChI is InChI=1S/C14H27N3O2/c1-11-4-2-5-12(8-15)17(11)10-14(18)16-9-13-6-3-7-19-13/h11-13H,2-10,15H2,1H3,(H,16,18). The summed E-state index contributed by atoms with van der Waals surface area (Å²) in [6, 6.07) is 0.813. The summed E-state index contributed by atoms with van der Waals surface area (Å²) in [6.45, 7) is 4.78. The summed E-state index contributed by atoms with van der Waals surface area (Å²) in [4.78, 5) is 14.3. The first-order chi connectivity index (χ1) is 9.20. The molecular weight excluding hydrogens is 242 g/mol. The number of hydrogen-bond acceptors (Lipinski definition) is 4. The summed E-state index contributed by atoms with van der Waals surface area (Å²) in [5.74, 6) is 0.0997. The molecule has 0 spiro atoms. The zero-order chi connectivity index (χ0) is 13.7. The second-order valence-electron chi connectivity index (χ2n) is 5.78. The topological polar surface area (TPSA) is 67.6 Å². The van der Waals surface area contributed by atoms with Crippen LogP contribution >= 0.6 is 0 Å². The van der Waals surface area contributed by atoms with Crippen LogP contribution in [0.5, 0.6) is 0 Å². The van der Waals surface area contributed by atoms with Crippen LogP contribution in [0.3, 0.4) is 0 Å². The van der Waals surface area contributed by atoms with Crippen LogP contribution in [0.1, 0.15) is 39.0 Å². The molecule has 0 aliphatic carbocycles. The normalized spacial score (nSPS) is 32.4. The van der Waals surface area contributed by atoms with Crippen molar-refractivity contribution in [2.24, 2.45) is 5.73 Å². The van der Waals surface area contributed by atoms with Gasteiger partial charge in [-0.15, -0.1) is 0 Å². The second kappa shape index (κ2) is 7.22. The molecule has 19 heavy (non-hydrogen) atoms. The van der Waals surface area contributed by atoms with E-state index >= 15 is 0 Å². The lowest BCUT2D eigenvalue weighted by molar-refractivity contribution is -0.124. The number of ether oxygens (including phenoxy) is 1. The van der Waals surface area contributed by atoms with Crippen molar-refractivity contribution in [2.45, 2.75) is 57.2 Å². The molecule has 5 nitrogen and oxygen atoms in total. The van der Waals surface area contributed by atoms with Gasteiger partial charge in [0.15, 0.2) is 0 Å². The van der Waals surface area contributed by atoms with Gasteiger partial charge in [0.2, 0.25) is 5.91 Å². The van der Waals surface area contributed by atoms with Crippen LogP contribution in [0.2, 0.25) is 0 Å². The average Bonchev–Trinajstić information content (AvgIpc) is 2.92. The molecule has 0 aromatic rings. The lowest BCUT2D eigenvalue weighted by Gasteiger charge is -2.39. The fourth-order valence-corrected chi connectivity index (χ4v) is 3.13. The number of carbonyl (C=O) groups excluding carboxylic acids is 1. The summed E-state index contributed by atoms with van der Waals surface area (Å²) >= 11 is 0. The molecule has 2 saturated heterocycles. The predicted molar refractivity (Wildman–Crippen MR) is 74.8 cm³/mol. The summed E-state index contributed by atoms with van der Waals surface area (Å²) in [5, 5.41) is 2.99. The Balaban J connectivity index is 1.75. The molecule has 0 saturated carbocycles. The molecule has 3 atom stereocenters. The first kappa shape index (κ1) is 14.8. The van der Waals surface area contributed by atoms with Gasteiger partial charge < -0.3 is 15.8 Å². The first-order valence-corrected chi connectivity index (χ1v) is 7.55. The molecule has 2 rings (SSSR count). The SMILES string of the molecule is CC1CCCC(CN)N1CC(=O)NCC1CCCO1. The highest BCUT2D eigenvalue weighted by Crippen LogP contribution is 2.21. The molecule has 110 valence electrons. The van der Waals surface area contributed by atoms with Gasteiger partial charge in [0.25, 0.3) is 0 Å². The Morgan fingerprint density at radius 1 is 1.37 bits per heavy atom. The van der Waals surface area contributed by atoms with Gasteiger partial charge in [-0.1, -0.05) is 6.42 Å². The summed E-state index contributed by atoms with van der Waals surface area (Å²) in [6.07, 6.45) is 5.88. The molecule has 0 aromatic heterocycles. The van der Waals surface area contributed by atoms with E-state index in [9.17, 15) is 4.79 Å².